The van der Waals surface area contributed by atoms with Gasteiger partial charge in [0.15, 0.2) is 0 Å². The molecule has 7 heteroatoms. The molecular weight excluding hydrogens is 282 g/mol. The SMILES string of the molecule is COc1ccc(Nc2nc(N)nc(C3CCCC3=O)n2)cc1. The molecule has 1 aromatic carbocycles. The average Bonchev–Trinajstić information content (AvgIpc) is 2.94. The number of anilines is 3. The van der Waals surface area contributed by atoms with Gasteiger partial charge in [-0.25, -0.2) is 0 Å². The average molecular weight is 299 g/mol. The van der Waals surface area contributed by atoms with Crippen LogP contribution >= 0.6 is 0 Å². The number of Topliss-reactive ketones (excluding diaryl/α,β-unsaturated/α-hetero) is 1. The van der Waals surface area contributed by atoms with Crippen LogP contribution in [0, 0.1) is 0 Å². The number of benzene rings is 1. The molecule has 0 saturated heterocycles. The van der Waals surface area contributed by atoms with Crippen LogP contribution in [0.1, 0.15) is 31.0 Å². The maximum atomic E-state index is 11.9. The Morgan fingerprint density at radius 3 is 2.64 bits per heavy atom. The van der Waals surface area contributed by atoms with Gasteiger partial charge >= 0.3 is 0 Å². The van der Waals surface area contributed by atoms with Gasteiger partial charge < -0.3 is 15.8 Å². The molecule has 1 fully saturated rings. The van der Waals surface area contributed by atoms with Crippen molar-refractivity contribution in [3.63, 3.8) is 0 Å². The third-order valence-electron chi connectivity index (χ3n) is 3.63. The Bertz CT molecular complexity index is 687. The molecule has 0 spiro atoms. The van der Waals surface area contributed by atoms with E-state index in [0.717, 1.165) is 24.3 Å². The molecule has 1 aliphatic carbocycles. The molecule has 1 atom stereocenters. The summed E-state index contributed by atoms with van der Waals surface area (Å²) in [5.41, 5.74) is 6.54. The first kappa shape index (κ1) is 14.2. The van der Waals surface area contributed by atoms with Crippen molar-refractivity contribution in [2.75, 3.05) is 18.2 Å². The van der Waals surface area contributed by atoms with Crippen LogP contribution in [0.2, 0.25) is 0 Å². The Hall–Kier alpha value is -2.70. The molecule has 7 nitrogen and oxygen atoms in total. The van der Waals surface area contributed by atoms with Crippen LogP contribution in [0.4, 0.5) is 17.6 Å². The zero-order valence-corrected chi connectivity index (χ0v) is 12.2. The number of rotatable bonds is 4. The maximum absolute atomic E-state index is 11.9. The molecule has 3 rings (SSSR count). The summed E-state index contributed by atoms with van der Waals surface area (Å²) in [4.78, 5) is 24.4. The number of ether oxygens (including phenoxy) is 1. The minimum atomic E-state index is -0.262. The lowest BCUT2D eigenvalue weighted by Crippen LogP contribution is -2.13. The molecule has 1 saturated carbocycles. The molecule has 3 N–H and O–H groups in total. The molecule has 1 aliphatic rings. The Labute approximate surface area is 127 Å². The van der Waals surface area contributed by atoms with Crippen LogP contribution in [0.3, 0.4) is 0 Å². The number of nitrogens with two attached hydrogens (primary N) is 1. The molecule has 1 unspecified atom stereocenters. The van der Waals surface area contributed by atoms with E-state index in [1.54, 1.807) is 7.11 Å². The van der Waals surface area contributed by atoms with Crippen molar-refractivity contribution in [1.82, 2.24) is 15.0 Å². The molecule has 0 radical (unpaired) electrons. The number of nitrogens with one attached hydrogen (secondary N) is 1. The van der Waals surface area contributed by atoms with Crippen LogP contribution in [-0.2, 0) is 4.79 Å². The molecule has 1 aromatic heterocycles. The van der Waals surface area contributed by atoms with Crippen molar-refractivity contribution in [3.05, 3.63) is 30.1 Å². The van der Waals surface area contributed by atoms with Crippen LogP contribution in [0.15, 0.2) is 24.3 Å². The third kappa shape index (κ3) is 2.98. The van der Waals surface area contributed by atoms with Gasteiger partial charge in [0.1, 0.15) is 17.4 Å². The molecule has 0 bridgehead atoms. The zero-order valence-electron chi connectivity index (χ0n) is 12.2. The van der Waals surface area contributed by atoms with Gasteiger partial charge in [-0.05, 0) is 37.1 Å². The van der Waals surface area contributed by atoms with Crippen molar-refractivity contribution in [3.8, 4) is 5.75 Å². The van der Waals surface area contributed by atoms with Gasteiger partial charge in [-0.2, -0.15) is 15.0 Å². The summed E-state index contributed by atoms with van der Waals surface area (Å²) < 4.78 is 5.11. The lowest BCUT2D eigenvalue weighted by molar-refractivity contribution is -0.118. The molecule has 0 amide bonds. The Morgan fingerprint density at radius 2 is 2.00 bits per heavy atom. The molecule has 1 heterocycles. The van der Waals surface area contributed by atoms with Crippen molar-refractivity contribution in [1.29, 1.82) is 0 Å². The summed E-state index contributed by atoms with van der Waals surface area (Å²) in [5, 5.41) is 3.07. The van der Waals surface area contributed by atoms with Gasteiger partial charge in [-0.3, -0.25) is 4.79 Å². The van der Waals surface area contributed by atoms with Crippen molar-refractivity contribution in [2.45, 2.75) is 25.2 Å². The fourth-order valence-corrected chi connectivity index (χ4v) is 2.51. The second-order valence-electron chi connectivity index (χ2n) is 5.14. The lowest BCUT2D eigenvalue weighted by Gasteiger charge is -2.10. The number of hydrogen-bond acceptors (Lipinski definition) is 7. The topological polar surface area (TPSA) is 103 Å². The minimum Gasteiger partial charge on any atom is -0.497 e. The molecule has 0 aliphatic heterocycles. The highest BCUT2D eigenvalue weighted by atomic mass is 16.5. The van der Waals surface area contributed by atoms with E-state index in [1.807, 2.05) is 24.3 Å². The summed E-state index contributed by atoms with van der Waals surface area (Å²) >= 11 is 0. The second-order valence-corrected chi connectivity index (χ2v) is 5.14. The Balaban J connectivity index is 1.83. The quantitative estimate of drug-likeness (QED) is 0.890. The van der Waals surface area contributed by atoms with Gasteiger partial charge in [-0.1, -0.05) is 0 Å². The summed E-state index contributed by atoms with van der Waals surface area (Å²) in [6, 6.07) is 7.35. The van der Waals surface area contributed by atoms with E-state index >= 15 is 0 Å². The summed E-state index contributed by atoms with van der Waals surface area (Å²) in [6.07, 6.45) is 2.22. The van der Waals surface area contributed by atoms with Gasteiger partial charge in [0.05, 0.1) is 13.0 Å². The molecule has 2 aromatic rings. The Morgan fingerprint density at radius 1 is 1.23 bits per heavy atom. The van der Waals surface area contributed by atoms with Crippen LogP contribution in [-0.4, -0.2) is 27.8 Å². The minimum absolute atomic E-state index is 0.112. The predicted octanol–water partition coefficient (Wildman–Crippen LogP) is 2.04. The highest BCUT2D eigenvalue weighted by Gasteiger charge is 2.29. The normalized spacial score (nSPS) is 17.5. The van der Waals surface area contributed by atoms with Crippen LogP contribution < -0.4 is 15.8 Å². The van der Waals surface area contributed by atoms with Crippen molar-refractivity contribution >= 4 is 23.4 Å². The van der Waals surface area contributed by atoms with Crippen molar-refractivity contribution < 1.29 is 9.53 Å². The number of methoxy groups -OCH3 is 1. The largest absolute Gasteiger partial charge is 0.497 e. The third-order valence-corrected chi connectivity index (χ3v) is 3.63. The van der Waals surface area contributed by atoms with Crippen LogP contribution in [0.5, 0.6) is 5.75 Å². The summed E-state index contributed by atoms with van der Waals surface area (Å²) in [5.74, 6) is 1.57. The van der Waals surface area contributed by atoms with Gasteiger partial charge in [-0.15, -0.1) is 0 Å². The van der Waals surface area contributed by atoms with E-state index in [-0.39, 0.29) is 17.6 Å². The fourth-order valence-electron chi connectivity index (χ4n) is 2.51. The summed E-state index contributed by atoms with van der Waals surface area (Å²) in [6.45, 7) is 0. The molecule has 114 valence electrons. The molecular formula is C15H17N5O2. The lowest BCUT2D eigenvalue weighted by atomic mass is 10.1. The number of hydrogen-bond donors (Lipinski definition) is 2. The van der Waals surface area contributed by atoms with Gasteiger partial charge in [0.25, 0.3) is 0 Å². The highest BCUT2D eigenvalue weighted by molar-refractivity contribution is 5.86. The first-order chi connectivity index (χ1) is 10.7. The fraction of sp³-hybridized carbons (Fsp3) is 0.333. The van der Waals surface area contributed by atoms with Gasteiger partial charge in [0, 0.05) is 12.1 Å². The number of ketones is 1. The van der Waals surface area contributed by atoms with E-state index in [9.17, 15) is 4.79 Å². The smallest absolute Gasteiger partial charge is 0.232 e. The van der Waals surface area contributed by atoms with E-state index in [2.05, 4.69) is 20.3 Å². The van der Waals surface area contributed by atoms with E-state index in [0.29, 0.717) is 18.2 Å². The first-order valence-electron chi connectivity index (χ1n) is 7.11. The predicted molar refractivity (Wildman–Crippen MR) is 82.1 cm³/mol. The number of carbonyl (C=O) groups excluding carboxylic acids is 1. The monoisotopic (exact) mass is 299 g/mol. The van der Waals surface area contributed by atoms with Crippen LogP contribution in [0.25, 0.3) is 0 Å². The summed E-state index contributed by atoms with van der Waals surface area (Å²) in [7, 11) is 1.61. The maximum Gasteiger partial charge on any atom is 0.232 e. The standard InChI is InChI=1S/C15H17N5O2/c1-22-10-7-5-9(6-8-10)17-15-19-13(18-14(16)20-15)11-3-2-4-12(11)21/h5-8,11H,2-4H2,1H3,(H3,16,17,18,19,20). The zero-order chi connectivity index (χ0) is 15.5. The van der Waals surface area contributed by atoms with Gasteiger partial charge in [0.2, 0.25) is 11.9 Å². The molecule has 22 heavy (non-hydrogen) atoms. The Kier molecular flexibility index (Phi) is 3.86. The first-order valence-corrected chi connectivity index (χ1v) is 7.11. The van der Waals surface area contributed by atoms with Crippen molar-refractivity contribution in [2.24, 2.45) is 0 Å². The van der Waals surface area contributed by atoms with E-state index < -0.39 is 0 Å². The number of carbonyl (C=O) groups is 1. The number of nitrogen functional groups attached to an aromatic ring is 1. The van der Waals surface area contributed by atoms with E-state index in [1.165, 1.54) is 0 Å². The van der Waals surface area contributed by atoms with E-state index in [4.69, 9.17) is 10.5 Å². The number of aromatic nitrogens is 3. The highest BCUT2D eigenvalue weighted by Crippen LogP contribution is 2.30. The number of nitrogens with zero attached hydrogens (tertiary/aromatic N) is 3. The second kappa shape index (κ2) is 5.97.